The van der Waals surface area contributed by atoms with Crippen LogP contribution in [0, 0.1) is 13.8 Å². The minimum atomic E-state index is -0.0784. The van der Waals surface area contributed by atoms with Crippen molar-refractivity contribution < 1.29 is 9.53 Å². The number of nitrogens with one attached hydrogen (secondary N) is 2. The van der Waals surface area contributed by atoms with E-state index in [9.17, 15) is 4.79 Å². The molecule has 1 amide bonds. The molecular formula is C22H25N3O2. The van der Waals surface area contributed by atoms with Crippen molar-refractivity contribution in [1.82, 2.24) is 10.2 Å². The van der Waals surface area contributed by atoms with E-state index in [0.717, 1.165) is 45.9 Å². The smallest absolute Gasteiger partial charge is 0.228 e. The fraction of sp³-hybridized carbons (Fsp3) is 0.273. The number of rotatable bonds is 6. The zero-order valence-electron chi connectivity index (χ0n) is 16.2. The lowest BCUT2D eigenvalue weighted by molar-refractivity contribution is -0.115. The molecular weight excluding hydrogens is 338 g/mol. The van der Waals surface area contributed by atoms with Gasteiger partial charge in [0.05, 0.1) is 24.9 Å². The number of benzene rings is 2. The molecule has 2 N–H and O–H groups in total. The number of anilines is 1. The molecule has 3 rings (SSSR count). The highest BCUT2D eigenvalue weighted by Crippen LogP contribution is 2.32. The molecule has 0 atom stereocenters. The summed E-state index contributed by atoms with van der Waals surface area (Å²) in [4.78, 5) is 12.7. The van der Waals surface area contributed by atoms with E-state index in [1.54, 1.807) is 7.11 Å². The Morgan fingerprint density at radius 2 is 2.00 bits per heavy atom. The van der Waals surface area contributed by atoms with Gasteiger partial charge in [-0.05, 0) is 43.5 Å². The van der Waals surface area contributed by atoms with Gasteiger partial charge in [-0.25, -0.2) is 0 Å². The van der Waals surface area contributed by atoms with Crippen molar-refractivity contribution in [3.05, 3.63) is 64.8 Å². The van der Waals surface area contributed by atoms with Crippen molar-refractivity contribution in [2.24, 2.45) is 0 Å². The predicted octanol–water partition coefficient (Wildman–Crippen LogP) is 4.45. The molecule has 5 heteroatoms. The first-order chi connectivity index (χ1) is 13.0. The Hall–Kier alpha value is -3.08. The number of carbonyl (C=O) groups is 1. The maximum absolute atomic E-state index is 12.7. The highest BCUT2D eigenvalue weighted by atomic mass is 16.5. The Kier molecular flexibility index (Phi) is 5.60. The number of nitrogens with zero attached hydrogens (tertiary/aromatic N) is 1. The standard InChI is InChI=1S/C22H25N3O2/c1-5-19-22(21(25-24-19)18-10-9-14(2)11-15(18)3)23-20(26)13-16-7-6-8-17(12-16)27-4/h6-12H,5,13H2,1-4H3,(H,23,26)(H,24,25). The SMILES string of the molecule is CCc1[nH]nc(-c2ccc(C)cc2C)c1NC(=O)Cc1cccc(OC)c1. The van der Waals surface area contributed by atoms with Crippen LogP contribution < -0.4 is 10.1 Å². The van der Waals surface area contributed by atoms with Gasteiger partial charge in [0.25, 0.3) is 0 Å². The predicted molar refractivity (Wildman–Crippen MR) is 108 cm³/mol. The second-order valence-electron chi connectivity index (χ2n) is 6.67. The summed E-state index contributed by atoms with van der Waals surface area (Å²) in [5.41, 5.74) is 6.72. The molecule has 2 aromatic carbocycles. The fourth-order valence-electron chi connectivity index (χ4n) is 3.19. The lowest BCUT2D eigenvalue weighted by Gasteiger charge is -2.10. The maximum Gasteiger partial charge on any atom is 0.228 e. The van der Waals surface area contributed by atoms with Crippen molar-refractivity contribution >= 4 is 11.6 Å². The van der Waals surface area contributed by atoms with Gasteiger partial charge in [-0.15, -0.1) is 0 Å². The first-order valence-corrected chi connectivity index (χ1v) is 9.09. The molecule has 0 aliphatic heterocycles. The van der Waals surface area contributed by atoms with E-state index in [1.165, 1.54) is 5.56 Å². The summed E-state index contributed by atoms with van der Waals surface area (Å²) < 4.78 is 5.23. The van der Waals surface area contributed by atoms with E-state index < -0.39 is 0 Å². The number of aryl methyl sites for hydroxylation is 3. The van der Waals surface area contributed by atoms with Gasteiger partial charge in [-0.2, -0.15) is 5.10 Å². The monoisotopic (exact) mass is 363 g/mol. The molecule has 0 radical (unpaired) electrons. The third kappa shape index (κ3) is 4.19. The number of aromatic amines is 1. The van der Waals surface area contributed by atoms with Gasteiger partial charge < -0.3 is 10.1 Å². The van der Waals surface area contributed by atoms with E-state index >= 15 is 0 Å². The zero-order chi connectivity index (χ0) is 19.4. The van der Waals surface area contributed by atoms with E-state index in [2.05, 4.69) is 47.6 Å². The number of carbonyl (C=O) groups excluding carboxylic acids is 1. The lowest BCUT2D eigenvalue weighted by atomic mass is 10.0. The van der Waals surface area contributed by atoms with Crippen LogP contribution in [0.4, 0.5) is 5.69 Å². The Bertz CT molecular complexity index is 960. The first kappa shape index (κ1) is 18.7. The number of ether oxygens (including phenoxy) is 1. The summed E-state index contributed by atoms with van der Waals surface area (Å²) in [5, 5.41) is 10.6. The van der Waals surface area contributed by atoms with Crippen LogP contribution >= 0.6 is 0 Å². The molecule has 1 aromatic heterocycles. The number of aromatic nitrogens is 2. The molecule has 0 saturated carbocycles. The average molecular weight is 363 g/mol. The number of H-pyrrole nitrogens is 1. The molecule has 0 fully saturated rings. The molecule has 140 valence electrons. The molecule has 1 heterocycles. The second kappa shape index (κ2) is 8.08. The van der Waals surface area contributed by atoms with Gasteiger partial charge >= 0.3 is 0 Å². The van der Waals surface area contributed by atoms with Crippen LogP contribution in [-0.2, 0) is 17.6 Å². The van der Waals surface area contributed by atoms with Crippen LogP contribution in [0.1, 0.15) is 29.3 Å². The summed E-state index contributed by atoms with van der Waals surface area (Å²) in [5.74, 6) is 0.666. The molecule has 27 heavy (non-hydrogen) atoms. The van der Waals surface area contributed by atoms with Crippen molar-refractivity contribution in [2.45, 2.75) is 33.6 Å². The van der Waals surface area contributed by atoms with Crippen LogP contribution in [0.5, 0.6) is 5.75 Å². The van der Waals surface area contributed by atoms with E-state index in [4.69, 9.17) is 4.74 Å². The molecule has 0 spiro atoms. The van der Waals surface area contributed by atoms with Gasteiger partial charge in [0.15, 0.2) is 0 Å². The molecule has 0 aliphatic rings. The molecule has 0 bridgehead atoms. The minimum absolute atomic E-state index is 0.0784. The highest BCUT2D eigenvalue weighted by Gasteiger charge is 2.18. The van der Waals surface area contributed by atoms with E-state index in [-0.39, 0.29) is 12.3 Å². The quantitative estimate of drug-likeness (QED) is 0.680. The van der Waals surface area contributed by atoms with Crippen LogP contribution in [-0.4, -0.2) is 23.2 Å². The third-order valence-electron chi connectivity index (χ3n) is 4.60. The topological polar surface area (TPSA) is 67.0 Å². The Morgan fingerprint density at radius 1 is 1.19 bits per heavy atom. The summed E-state index contributed by atoms with van der Waals surface area (Å²) in [6.07, 6.45) is 1.03. The Balaban J connectivity index is 1.87. The fourth-order valence-corrected chi connectivity index (χ4v) is 3.19. The Morgan fingerprint density at radius 3 is 2.70 bits per heavy atom. The molecule has 0 unspecified atom stereocenters. The highest BCUT2D eigenvalue weighted by molar-refractivity contribution is 5.97. The third-order valence-corrected chi connectivity index (χ3v) is 4.60. The van der Waals surface area contributed by atoms with Crippen molar-refractivity contribution in [3.63, 3.8) is 0 Å². The van der Waals surface area contributed by atoms with Crippen molar-refractivity contribution in [1.29, 1.82) is 0 Å². The van der Waals surface area contributed by atoms with Gasteiger partial charge in [0.2, 0.25) is 5.91 Å². The maximum atomic E-state index is 12.7. The summed E-state index contributed by atoms with van der Waals surface area (Å²) in [7, 11) is 1.62. The van der Waals surface area contributed by atoms with Gasteiger partial charge in [-0.3, -0.25) is 9.89 Å². The van der Waals surface area contributed by atoms with Crippen molar-refractivity contribution in [2.75, 3.05) is 12.4 Å². The van der Waals surface area contributed by atoms with Crippen LogP contribution in [0.15, 0.2) is 42.5 Å². The van der Waals surface area contributed by atoms with Crippen molar-refractivity contribution in [3.8, 4) is 17.0 Å². The Labute approximate surface area is 159 Å². The molecule has 3 aromatic rings. The second-order valence-corrected chi connectivity index (χ2v) is 6.67. The van der Waals surface area contributed by atoms with Gasteiger partial charge in [-0.1, -0.05) is 42.8 Å². The van der Waals surface area contributed by atoms with Gasteiger partial charge in [0, 0.05) is 5.56 Å². The number of methoxy groups -OCH3 is 1. The van der Waals surface area contributed by atoms with Crippen LogP contribution in [0.25, 0.3) is 11.3 Å². The molecule has 0 aliphatic carbocycles. The normalized spacial score (nSPS) is 10.7. The minimum Gasteiger partial charge on any atom is -0.497 e. The van der Waals surface area contributed by atoms with E-state index in [1.807, 2.05) is 31.2 Å². The summed E-state index contributed by atoms with van der Waals surface area (Å²) in [6, 6.07) is 13.8. The number of hydrogen-bond acceptors (Lipinski definition) is 3. The van der Waals surface area contributed by atoms with Crippen LogP contribution in [0.2, 0.25) is 0 Å². The molecule has 5 nitrogen and oxygen atoms in total. The zero-order valence-corrected chi connectivity index (χ0v) is 16.2. The van der Waals surface area contributed by atoms with Gasteiger partial charge in [0.1, 0.15) is 11.4 Å². The largest absolute Gasteiger partial charge is 0.497 e. The first-order valence-electron chi connectivity index (χ1n) is 9.09. The number of hydrogen-bond donors (Lipinski definition) is 2. The summed E-state index contributed by atoms with van der Waals surface area (Å²) >= 11 is 0. The average Bonchev–Trinajstić information content (AvgIpc) is 3.04. The molecule has 0 saturated heterocycles. The number of amides is 1. The summed E-state index contributed by atoms with van der Waals surface area (Å²) in [6.45, 7) is 6.16. The van der Waals surface area contributed by atoms with E-state index in [0.29, 0.717) is 0 Å². The lowest BCUT2D eigenvalue weighted by Crippen LogP contribution is -2.15. The van der Waals surface area contributed by atoms with Crippen LogP contribution in [0.3, 0.4) is 0 Å².